The first-order chi connectivity index (χ1) is 17.8. The van der Waals surface area contributed by atoms with Gasteiger partial charge in [-0.3, -0.25) is 4.98 Å². The molecular formula is C30H31N3O3S. The lowest BCUT2D eigenvalue weighted by Crippen LogP contribution is -2.21. The zero-order valence-electron chi connectivity index (χ0n) is 21.5. The Kier molecular flexibility index (Phi) is 8.25. The summed E-state index contributed by atoms with van der Waals surface area (Å²) in [5.74, 6) is 3.02. The normalized spacial score (nSPS) is 10.7. The second kappa shape index (κ2) is 11.8. The number of fused-ring (bicyclic) bond motifs is 1. The number of rotatable bonds is 10. The van der Waals surface area contributed by atoms with Gasteiger partial charge in [-0.25, -0.2) is 0 Å². The van der Waals surface area contributed by atoms with Crippen molar-refractivity contribution in [3.05, 3.63) is 90.8 Å². The first kappa shape index (κ1) is 26.0. The predicted octanol–water partition coefficient (Wildman–Crippen LogP) is 7.73. The molecule has 0 aliphatic heterocycles. The molecule has 0 aliphatic rings. The van der Waals surface area contributed by atoms with Crippen molar-refractivity contribution in [2.24, 2.45) is 0 Å². The fraction of sp³-hybridized carbons (Fsp3) is 0.200. The number of aromatic nitrogens is 1. The highest BCUT2D eigenvalue weighted by atomic mass is 32.1. The van der Waals surface area contributed by atoms with Crippen molar-refractivity contribution < 1.29 is 14.2 Å². The molecule has 37 heavy (non-hydrogen) atoms. The number of pyridine rings is 1. The zero-order chi connectivity index (χ0) is 26.4. The summed E-state index contributed by atoms with van der Waals surface area (Å²) in [6.45, 7) is 10.3. The minimum absolute atomic E-state index is 0.244. The number of hydrogen-bond acceptors (Lipinski definition) is 6. The third-order valence-electron chi connectivity index (χ3n) is 5.69. The smallest absolute Gasteiger partial charge is 0.163 e. The number of hydrogen-bond donors (Lipinski definition) is 2. The van der Waals surface area contributed by atoms with E-state index in [4.69, 9.17) is 26.4 Å². The highest BCUT2D eigenvalue weighted by Crippen LogP contribution is 2.37. The van der Waals surface area contributed by atoms with Gasteiger partial charge in [-0.2, -0.15) is 0 Å². The third kappa shape index (κ3) is 6.77. The predicted molar refractivity (Wildman–Crippen MR) is 155 cm³/mol. The summed E-state index contributed by atoms with van der Waals surface area (Å²) >= 11 is 5.05. The number of nitrogens with zero attached hydrogens (tertiary/aromatic N) is 1. The van der Waals surface area contributed by atoms with Crippen LogP contribution < -0.4 is 24.8 Å². The fourth-order valence-corrected chi connectivity index (χ4v) is 3.94. The molecule has 0 saturated heterocycles. The maximum absolute atomic E-state index is 6.22. The van der Waals surface area contributed by atoms with Gasteiger partial charge in [0.25, 0.3) is 0 Å². The van der Waals surface area contributed by atoms with Gasteiger partial charge in [-0.15, -0.1) is 0 Å². The molecule has 1 aromatic heterocycles. The highest BCUT2D eigenvalue weighted by Gasteiger charge is 2.13. The molecule has 4 rings (SSSR count). The average Bonchev–Trinajstić information content (AvgIpc) is 2.88. The van der Waals surface area contributed by atoms with E-state index in [1.165, 1.54) is 5.56 Å². The van der Waals surface area contributed by atoms with Crippen LogP contribution in [-0.4, -0.2) is 23.7 Å². The Balaban J connectivity index is 1.49. The Hall–Kier alpha value is -4.10. The van der Waals surface area contributed by atoms with Crippen molar-refractivity contribution in [1.29, 1.82) is 0 Å². The lowest BCUT2D eigenvalue weighted by molar-refractivity contribution is 0.317. The van der Waals surface area contributed by atoms with Crippen LogP contribution in [0.2, 0.25) is 0 Å². The molecule has 3 aromatic carbocycles. The number of methoxy groups -OCH3 is 1. The van der Waals surface area contributed by atoms with Crippen molar-refractivity contribution in [1.82, 2.24) is 10.3 Å². The van der Waals surface area contributed by atoms with Crippen LogP contribution >= 0.6 is 12.2 Å². The molecular weight excluding hydrogens is 482 g/mol. The molecule has 1 heterocycles. The van der Waals surface area contributed by atoms with Crippen LogP contribution in [0.1, 0.15) is 32.3 Å². The zero-order valence-corrected chi connectivity index (χ0v) is 22.3. The third-order valence-corrected chi connectivity index (χ3v) is 5.79. The molecule has 190 valence electrons. The van der Waals surface area contributed by atoms with Crippen molar-refractivity contribution in [2.45, 2.75) is 26.7 Å². The van der Waals surface area contributed by atoms with Gasteiger partial charge in [0.05, 0.1) is 17.6 Å². The number of benzene rings is 3. The Morgan fingerprint density at radius 3 is 2.24 bits per heavy atom. The van der Waals surface area contributed by atoms with Crippen LogP contribution in [0.25, 0.3) is 10.9 Å². The van der Waals surface area contributed by atoms with E-state index < -0.39 is 0 Å². The van der Waals surface area contributed by atoms with Gasteiger partial charge in [0.15, 0.2) is 11.5 Å². The Morgan fingerprint density at radius 1 is 0.946 bits per heavy atom. The summed E-state index contributed by atoms with van der Waals surface area (Å²) < 4.78 is 17.7. The molecule has 0 amide bonds. The fourth-order valence-electron chi connectivity index (χ4n) is 3.79. The Bertz CT molecular complexity index is 1400. The standard InChI is InChI=1S/C30H31N3O3S/c1-19(2)22-6-8-23(9-7-22)33-24-10-12-25(13-11-24)36-28-14-15-31-27-17-30(29(34-5)16-26(27)28)35-18-20(3)32-21(4)37/h6-17,19,33H,3,18H2,1-2,4-5H3,(H,32,37). The number of anilines is 2. The lowest BCUT2D eigenvalue weighted by atomic mass is 10.0. The second-order valence-electron chi connectivity index (χ2n) is 8.93. The van der Waals surface area contributed by atoms with E-state index in [-0.39, 0.29) is 6.61 Å². The topological polar surface area (TPSA) is 64.6 Å². The van der Waals surface area contributed by atoms with Crippen LogP contribution in [-0.2, 0) is 0 Å². The summed E-state index contributed by atoms with van der Waals surface area (Å²) in [4.78, 5) is 5.12. The first-order valence-electron chi connectivity index (χ1n) is 12.0. The van der Waals surface area contributed by atoms with Crippen LogP contribution in [0.3, 0.4) is 0 Å². The maximum atomic E-state index is 6.22. The molecule has 0 aliphatic carbocycles. The van der Waals surface area contributed by atoms with Crippen molar-refractivity contribution in [2.75, 3.05) is 19.0 Å². The molecule has 0 saturated carbocycles. The van der Waals surface area contributed by atoms with Crippen molar-refractivity contribution in [3.8, 4) is 23.0 Å². The molecule has 0 bridgehead atoms. The first-order valence-corrected chi connectivity index (χ1v) is 12.4. The van der Waals surface area contributed by atoms with Crippen LogP contribution in [0.4, 0.5) is 11.4 Å². The van der Waals surface area contributed by atoms with Gasteiger partial charge in [0.1, 0.15) is 18.1 Å². The summed E-state index contributed by atoms with van der Waals surface area (Å²) in [7, 11) is 1.60. The van der Waals surface area contributed by atoms with Gasteiger partial charge in [0, 0.05) is 34.7 Å². The number of thiocarbonyl (C=S) groups is 1. The second-order valence-corrected chi connectivity index (χ2v) is 9.54. The minimum atomic E-state index is 0.244. The number of ether oxygens (including phenoxy) is 3. The van der Waals surface area contributed by atoms with Crippen LogP contribution in [0, 0.1) is 0 Å². The quantitative estimate of drug-likeness (QED) is 0.210. The van der Waals surface area contributed by atoms with Crippen LogP contribution in [0.5, 0.6) is 23.0 Å². The number of nitrogens with one attached hydrogen (secondary N) is 2. The Labute approximate surface area is 223 Å². The summed E-state index contributed by atoms with van der Waals surface area (Å²) in [5, 5.41) is 7.22. The van der Waals surface area contributed by atoms with E-state index in [9.17, 15) is 0 Å². The van der Waals surface area contributed by atoms with Gasteiger partial charge in [-0.05, 0) is 66.9 Å². The molecule has 0 unspecified atom stereocenters. The molecule has 0 radical (unpaired) electrons. The summed E-state index contributed by atoms with van der Waals surface area (Å²) in [5.41, 5.74) is 4.72. The minimum Gasteiger partial charge on any atom is -0.493 e. The van der Waals surface area contributed by atoms with Gasteiger partial charge < -0.3 is 24.8 Å². The molecule has 2 N–H and O–H groups in total. The molecule has 6 nitrogen and oxygen atoms in total. The van der Waals surface area contributed by atoms with Crippen molar-refractivity contribution in [3.63, 3.8) is 0 Å². The molecule has 0 spiro atoms. The average molecular weight is 514 g/mol. The maximum Gasteiger partial charge on any atom is 0.163 e. The van der Waals surface area contributed by atoms with E-state index >= 15 is 0 Å². The van der Waals surface area contributed by atoms with Gasteiger partial charge in [-0.1, -0.05) is 44.8 Å². The van der Waals surface area contributed by atoms with Crippen LogP contribution in [0.15, 0.2) is 85.2 Å². The van der Waals surface area contributed by atoms with E-state index in [2.05, 4.69) is 60.3 Å². The largest absolute Gasteiger partial charge is 0.493 e. The van der Waals surface area contributed by atoms with Gasteiger partial charge >= 0.3 is 0 Å². The van der Waals surface area contributed by atoms with E-state index in [1.807, 2.05) is 42.5 Å². The lowest BCUT2D eigenvalue weighted by Gasteiger charge is -2.15. The highest BCUT2D eigenvalue weighted by molar-refractivity contribution is 7.80. The molecule has 0 fully saturated rings. The Morgan fingerprint density at radius 2 is 1.62 bits per heavy atom. The van der Waals surface area contributed by atoms with Crippen molar-refractivity contribution >= 4 is 39.5 Å². The summed E-state index contributed by atoms with van der Waals surface area (Å²) in [6, 6.07) is 21.9. The molecule has 4 aromatic rings. The monoisotopic (exact) mass is 513 g/mol. The summed E-state index contributed by atoms with van der Waals surface area (Å²) in [6.07, 6.45) is 1.71. The van der Waals surface area contributed by atoms with E-state index in [1.54, 1.807) is 20.2 Å². The molecule has 0 atom stereocenters. The van der Waals surface area contributed by atoms with Gasteiger partial charge in [0.2, 0.25) is 0 Å². The van der Waals surface area contributed by atoms with E-state index in [0.717, 1.165) is 22.3 Å². The van der Waals surface area contributed by atoms with E-state index in [0.29, 0.717) is 39.6 Å². The SMILES string of the molecule is C=C(COc1cc2nccc(Oc3ccc(Nc4ccc(C(C)C)cc4)cc3)c2cc1OC)NC(C)=S. The molecule has 7 heteroatoms.